The third kappa shape index (κ3) is 4.91. The van der Waals surface area contributed by atoms with Crippen LogP contribution in [0.4, 0.5) is 13.6 Å². The topological polar surface area (TPSA) is 70.7 Å². The van der Waals surface area contributed by atoms with Gasteiger partial charge in [0.25, 0.3) is 5.91 Å². The number of hydrogen-bond donors (Lipinski definition) is 2. The van der Waals surface area contributed by atoms with Gasteiger partial charge in [-0.1, -0.05) is 12.1 Å². The standard InChI is InChI=1S/C24H27F2N3O3/c1-16(28-22(30)17-5-7-19(25)8-6-17)15-29-11-9-24(10-12-29)21(14-27-23(31)32-24)18-3-2-4-20(26)13-18/h2-8,13,16,21H,9-12,14-15H2,1H3,(H,27,31)(H,28,30)/t16-,21-/m0/s1. The summed E-state index contributed by atoms with van der Waals surface area (Å²) in [7, 11) is 0. The second kappa shape index (κ2) is 9.24. The maximum Gasteiger partial charge on any atom is 0.407 e. The number of piperidine rings is 1. The molecule has 2 aliphatic heterocycles. The number of carbonyl (C=O) groups excluding carboxylic acids is 2. The summed E-state index contributed by atoms with van der Waals surface area (Å²) < 4.78 is 32.7. The highest BCUT2D eigenvalue weighted by molar-refractivity contribution is 5.94. The summed E-state index contributed by atoms with van der Waals surface area (Å²) in [6.07, 6.45) is 0.812. The predicted octanol–water partition coefficient (Wildman–Crippen LogP) is 3.44. The summed E-state index contributed by atoms with van der Waals surface area (Å²) >= 11 is 0. The first kappa shape index (κ1) is 22.2. The number of hydrogen-bond acceptors (Lipinski definition) is 4. The zero-order valence-electron chi connectivity index (χ0n) is 17.9. The van der Waals surface area contributed by atoms with Crippen molar-refractivity contribution in [1.29, 1.82) is 0 Å². The molecule has 2 aromatic rings. The van der Waals surface area contributed by atoms with Crippen molar-refractivity contribution in [2.24, 2.45) is 0 Å². The minimum absolute atomic E-state index is 0.115. The van der Waals surface area contributed by atoms with Gasteiger partial charge in [-0.2, -0.15) is 0 Å². The van der Waals surface area contributed by atoms with Gasteiger partial charge in [-0.05, 0) is 48.9 Å². The van der Waals surface area contributed by atoms with Crippen LogP contribution in [0.1, 0.15) is 41.6 Å². The van der Waals surface area contributed by atoms with E-state index in [0.717, 1.165) is 5.56 Å². The van der Waals surface area contributed by atoms with Gasteiger partial charge in [-0.25, -0.2) is 13.6 Å². The molecule has 0 aromatic heterocycles. The maximum atomic E-state index is 13.8. The molecule has 0 radical (unpaired) electrons. The van der Waals surface area contributed by atoms with Gasteiger partial charge in [0.05, 0.1) is 0 Å². The van der Waals surface area contributed by atoms with Crippen molar-refractivity contribution in [2.75, 3.05) is 26.2 Å². The van der Waals surface area contributed by atoms with Crippen LogP contribution in [-0.4, -0.2) is 54.7 Å². The first-order chi connectivity index (χ1) is 15.3. The number of carbonyl (C=O) groups is 2. The minimum atomic E-state index is -0.673. The Bertz CT molecular complexity index is 975. The molecule has 2 heterocycles. The summed E-state index contributed by atoms with van der Waals surface area (Å²) in [5.74, 6) is -1.07. The Balaban J connectivity index is 1.37. The van der Waals surface area contributed by atoms with Gasteiger partial charge in [-0.3, -0.25) is 4.79 Å². The molecule has 1 spiro atoms. The zero-order valence-corrected chi connectivity index (χ0v) is 17.9. The first-order valence-corrected chi connectivity index (χ1v) is 10.9. The van der Waals surface area contributed by atoms with Gasteiger partial charge in [0.1, 0.15) is 17.2 Å². The first-order valence-electron chi connectivity index (χ1n) is 10.9. The lowest BCUT2D eigenvalue weighted by Crippen LogP contribution is -2.58. The number of nitrogens with one attached hydrogen (secondary N) is 2. The van der Waals surface area contributed by atoms with Gasteiger partial charge >= 0.3 is 6.09 Å². The quantitative estimate of drug-likeness (QED) is 0.743. The van der Waals surface area contributed by atoms with Crippen LogP contribution in [0.5, 0.6) is 0 Å². The molecular weight excluding hydrogens is 416 g/mol. The number of ether oxygens (including phenoxy) is 1. The van der Waals surface area contributed by atoms with Gasteiger partial charge in [0.15, 0.2) is 0 Å². The number of rotatable bonds is 5. The van der Waals surface area contributed by atoms with E-state index in [1.807, 2.05) is 13.0 Å². The lowest BCUT2D eigenvalue weighted by Gasteiger charge is -2.48. The van der Waals surface area contributed by atoms with Crippen LogP contribution in [0, 0.1) is 11.6 Å². The van der Waals surface area contributed by atoms with Crippen LogP contribution >= 0.6 is 0 Å². The SMILES string of the molecule is C[C@@H](CN1CCC2(CC1)OC(=O)NC[C@H]2c1cccc(F)c1)NC(=O)c1ccc(F)cc1. The van der Waals surface area contributed by atoms with Crippen LogP contribution < -0.4 is 10.6 Å². The van der Waals surface area contributed by atoms with E-state index in [2.05, 4.69) is 15.5 Å². The summed E-state index contributed by atoms with van der Waals surface area (Å²) in [6, 6.07) is 11.8. The lowest BCUT2D eigenvalue weighted by atomic mass is 9.74. The average molecular weight is 443 g/mol. The predicted molar refractivity (Wildman–Crippen MR) is 115 cm³/mol. The molecule has 0 unspecified atom stereocenters. The highest BCUT2D eigenvalue weighted by atomic mass is 19.1. The van der Waals surface area contributed by atoms with E-state index in [1.54, 1.807) is 6.07 Å². The Morgan fingerprint density at radius 2 is 1.91 bits per heavy atom. The average Bonchev–Trinajstić information content (AvgIpc) is 2.76. The van der Waals surface area contributed by atoms with Crippen molar-refractivity contribution in [1.82, 2.24) is 15.5 Å². The summed E-state index contributed by atoms with van der Waals surface area (Å²) in [4.78, 5) is 26.6. The van der Waals surface area contributed by atoms with E-state index in [9.17, 15) is 18.4 Å². The third-order valence-corrected chi connectivity index (χ3v) is 6.35. The third-order valence-electron chi connectivity index (χ3n) is 6.35. The van der Waals surface area contributed by atoms with Crippen molar-refractivity contribution in [3.63, 3.8) is 0 Å². The smallest absolute Gasteiger partial charge is 0.407 e. The van der Waals surface area contributed by atoms with Crippen LogP contribution in [0.15, 0.2) is 48.5 Å². The molecule has 2 atom stereocenters. The number of nitrogens with zero attached hydrogens (tertiary/aromatic N) is 1. The second-order valence-corrected chi connectivity index (χ2v) is 8.62. The number of benzene rings is 2. The Kier molecular flexibility index (Phi) is 6.41. The normalized spacial score (nSPS) is 21.5. The number of likely N-dealkylation sites (tertiary alicyclic amines) is 1. The maximum absolute atomic E-state index is 13.8. The summed E-state index contributed by atoms with van der Waals surface area (Å²) in [5.41, 5.74) is 0.557. The molecule has 170 valence electrons. The van der Waals surface area contributed by atoms with E-state index in [0.29, 0.717) is 44.6 Å². The summed E-state index contributed by atoms with van der Waals surface area (Å²) in [5, 5.41) is 5.68. The second-order valence-electron chi connectivity index (χ2n) is 8.62. The molecule has 2 aliphatic rings. The van der Waals surface area contributed by atoms with E-state index in [4.69, 9.17) is 4.74 Å². The monoisotopic (exact) mass is 443 g/mol. The highest BCUT2D eigenvalue weighted by Crippen LogP contribution is 2.41. The molecule has 0 aliphatic carbocycles. The fraction of sp³-hybridized carbons (Fsp3) is 0.417. The molecule has 2 amide bonds. The van der Waals surface area contributed by atoms with E-state index < -0.39 is 11.7 Å². The molecule has 2 aromatic carbocycles. The fourth-order valence-corrected chi connectivity index (χ4v) is 4.71. The van der Waals surface area contributed by atoms with Crippen LogP contribution in [0.25, 0.3) is 0 Å². The molecule has 4 rings (SSSR count). The van der Waals surface area contributed by atoms with Gasteiger partial charge < -0.3 is 20.3 Å². The molecule has 2 fully saturated rings. The Morgan fingerprint density at radius 1 is 1.19 bits per heavy atom. The van der Waals surface area contributed by atoms with E-state index in [-0.39, 0.29) is 29.5 Å². The van der Waals surface area contributed by atoms with Crippen LogP contribution in [0.2, 0.25) is 0 Å². The molecule has 6 nitrogen and oxygen atoms in total. The minimum Gasteiger partial charge on any atom is -0.442 e. The Labute approximate surface area is 185 Å². The zero-order chi connectivity index (χ0) is 22.7. The summed E-state index contributed by atoms with van der Waals surface area (Å²) in [6.45, 7) is 4.35. The van der Waals surface area contributed by atoms with Crippen molar-refractivity contribution in [3.05, 3.63) is 71.3 Å². The van der Waals surface area contributed by atoms with Crippen molar-refractivity contribution < 1.29 is 23.1 Å². The molecule has 32 heavy (non-hydrogen) atoms. The Morgan fingerprint density at radius 3 is 2.59 bits per heavy atom. The Hall–Kier alpha value is -3.00. The van der Waals surface area contributed by atoms with Crippen molar-refractivity contribution >= 4 is 12.0 Å². The van der Waals surface area contributed by atoms with Gasteiger partial charge in [0.2, 0.25) is 0 Å². The van der Waals surface area contributed by atoms with Crippen molar-refractivity contribution in [3.8, 4) is 0 Å². The number of alkyl carbamates (subject to hydrolysis) is 1. The number of halogens is 2. The van der Waals surface area contributed by atoms with Crippen LogP contribution in [0.3, 0.4) is 0 Å². The number of amides is 2. The lowest BCUT2D eigenvalue weighted by molar-refractivity contribution is -0.0697. The molecule has 2 saturated heterocycles. The molecule has 8 heteroatoms. The van der Waals surface area contributed by atoms with E-state index >= 15 is 0 Å². The van der Waals surface area contributed by atoms with E-state index in [1.165, 1.54) is 36.4 Å². The van der Waals surface area contributed by atoms with Gasteiger partial charge in [-0.15, -0.1) is 0 Å². The molecule has 0 bridgehead atoms. The van der Waals surface area contributed by atoms with Crippen molar-refractivity contribution in [2.45, 2.75) is 37.3 Å². The molecular formula is C24H27F2N3O3. The van der Waals surface area contributed by atoms with Gasteiger partial charge in [0, 0.05) is 56.5 Å². The fourth-order valence-electron chi connectivity index (χ4n) is 4.71. The molecule has 0 saturated carbocycles. The molecule has 2 N–H and O–H groups in total. The van der Waals surface area contributed by atoms with Crippen LogP contribution in [-0.2, 0) is 4.74 Å². The largest absolute Gasteiger partial charge is 0.442 e. The highest BCUT2D eigenvalue weighted by Gasteiger charge is 2.48.